The summed E-state index contributed by atoms with van der Waals surface area (Å²) >= 11 is 0. The molecule has 0 amide bonds. The monoisotopic (exact) mass is 620 g/mol. The molecule has 42 heavy (non-hydrogen) atoms. The van der Waals surface area contributed by atoms with Crippen molar-refractivity contribution in [2.24, 2.45) is 0 Å². The molecule has 6 atom stereocenters. The van der Waals surface area contributed by atoms with Crippen molar-refractivity contribution in [1.82, 2.24) is 0 Å². The van der Waals surface area contributed by atoms with Gasteiger partial charge in [-0.1, -0.05) is 20.8 Å². The zero-order valence-electron chi connectivity index (χ0n) is 27.3. The van der Waals surface area contributed by atoms with Gasteiger partial charge in [-0.25, -0.2) is 28.8 Å². The molecule has 0 rings (SSSR count). The lowest BCUT2D eigenvalue weighted by atomic mass is 10.2. The van der Waals surface area contributed by atoms with Crippen molar-refractivity contribution in [3.05, 3.63) is 0 Å². The maximum absolute atomic E-state index is 12.5. The highest BCUT2D eigenvalue weighted by atomic mass is 28.4. The van der Waals surface area contributed by atoms with Crippen molar-refractivity contribution in [1.29, 1.82) is 0 Å². The van der Waals surface area contributed by atoms with E-state index in [4.69, 9.17) is 32.8 Å². The van der Waals surface area contributed by atoms with Crippen molar-refractivity contribution in [2.45, 2.75) is 143 Å². The van der Waals surface area contributed by atoms with Crippen LogP contribution < -0.4 is 0 Å². The van der Waals surface area contributed by atoms with Crippen LogP contribution in [0.2, 0.25) is 18.1 Å². The fraction of sp³-hybridized carbons (Fsp3) is 0.786. The van der Waals surface area contributed by atoms with Crippen LogP contribution in [0.15, 0.2) is 0 Å². The molecule has 242 valence electrons. The fourth-order valence-electron chi connectivity index (χ4n) is 2.64. The summed E-state index contributed by atoms with van der Waals surface area (Å²) < 4.78 is 36.2. The van der Waals surface area contributed by atoms with E-state index in [-0.39, 0.29) is 5.04 Å². The van der Waals surface area contributed by atoms with Gasteiger partial charge in [0.1, 0.15) is 11.7 Å². The Kier molecular flexibility index (Phi) is 14.4. The minimum atomic E-state index is -2.27. The van der Waals surface area contributed by atoms with Crippen molar-refractivity contribution in [3.63, 3.8) is 0 Å². The Balaban J connectivity index is 4.84. The number of rotatable bonds is 13. The summed E-state index contributed by atoms with van der Waals surface area (Å²) in [5.74, 6) is -5.75. The Morgan fingerprint density at radius 2 is 0.690 bits per heavy atom. The third kappa shape index (κ3) is 13.3. The van der Waals surface area contributed by atoms with Gasteiger partial charge >= 0.3 is 35.8 Å². The number of hydrogen-bond acceptors (Lipinski definition) is 13. The Morgan fingerprint density at radius 1 is 0.452 bits per heavy atom. The molecule has 0 aromatic carbocycles. The van der Waals surface area contributed by atoms with Crippen LogP contribution in [0.3, 0.4) is 0 Å². The lowest BCUT2D eigenvalue weighted by Crippen LogP contribution is -2.46. The van der Waals surface area contributed by atoms with Crippen LogP contribution in [0.25, 0.3) is 0 Å². The van der Waals surface area contributed by atoms with Crippen LogP contribution >= 0.6 is 0 Å². The normalized spacial score (nSPS) is 16.4. The van der Waals surface area contributed by atoms with Crippen molar-refractivity contribution in [3.8, 4) is 0 Å². The second-order valence-electron chi connectivity index (χ2n) is 12.4. The van der Waals surface area contributed by atoms with Crippen LogP contribution in [0.4, 0.5) is 0 Å². The predicted molar refractivity (Wildman–Crippen MR) is 151 cm³/mol. The highest BCUT2D eigenvalue weighted by Gasteiger charge is 2.40. The average Bonchev–Trinajstić information content (AvgIpc) is 2.81. The summed E-state index contributed by atoms with van der Waals surface area (Å²) in [6.07, 6.45) is -7.91. The molecule has 0 aliphatic rings. The van der Waals surface area contributed by atoms with E-state index in [1.165, 1.54) is 41.5 Å². The molecule has 0 saturated carbocycles. The molecule has 0 saturated heterocycles. The third-order valence-corrected chi connectivity index (χ3v) is 10.7. The minimum Gasteiger partial charge on any atom is -0.457 e. The largest absolute Gasteiger partial charge is 0.457 e. The summed E-state index contributed by atoms with van der Waals surface area (Å²) in [7, 11) is -2.27. The zero-order valence-corrected chi connectivity index (χ0v) is 28.3. The van der Waals surface area contributed by atoms with Gasteiger partial charge in [-0.15, -0.1) is 0 Å². The first-order valence-electron chi connectivity index (χ1n) is 13.7. The van der Waals surface area contributed by atoms with Crippen LogP contribution in [-0.2, 0) is 61.6 Å². The average molecular weight is 621 g/mol. The summed E-state index contributed by atoms with van der Waals surface area (Å²) in [5, 5.41) is -0.146. The second kappa shape index (κ2) is 15.5. The number of ether oxygens (including phenoxy) is 6. The quantitative estimate of drug-likeness (QED) is 0.167. The first-order chi connectivity index (χ1) is 18.8. The molecule has 0 spiro atoms. The first-order valence-corrected chi connectivity index (χ1v) is 16.6. The van der Waals surface area contributed by atoms with Crippen molar-refractivity contribution in [2.75, 3.05) is 0 Å². The van der Waals surface area contributed by atoms with Crippen LogP contribution in [0.1, 0.15) is 83.1 Å². The van der Waals surface area contributed by atoms with E-state index in [2.05, 4.69) is 0 Å². The molecule has 0 fully saturated rings. The lowest BCUT2D eigenvalue weighted by molar-refractivity contribution is -0.188. The fourth-order valence-corrected chi connectivity index (χ4v) is 3.98. The van der Waals surface area contributed by atoms with Crippen LogP contribution in [-0.4, -0.2) is 86.4 Å². The zero-order chi connectivity index (χ0) is 33.4. The molecule has 0 unspecified atom stereocenters. The smallest absolute Gasteiger partial charge is 0.347 e. The molecule has 13 nitrogen and oxygen atoms in total. The predicted octanol–water partition coefficient (Wildman–Crippen LogP) is 3.40. The molecule has 0 aliphatic heterocycles. The van der Waals surface area contributed by atoms with E-state index in [0.29, 0.717) is 0 Å². The molecule has 14 heteroatoms. The summed E-state index contributed by atoms with van der Waals surface area (Å²) in [6.45, 7) is 22.7. The van der Waals surface area contributed by atoms with Crippen LogP contribution in [0, 0.1) is 0 Å². The first kappa shape index (κ1) is 39.0. The standard InChI is InChI=1S/C28H48O13Si/c1-15(22(30)37-17(3)24(32)39-19(5)26(34)40-27(7,8)9)35-21(29)16(2)36-23(31)18(4)38-25(33)20(6)41-42(13,14)28(10,11)12/h15-20H,1-14H3/t15-,16-,17-,18-,19-,20-/m0/s1. The van der Waals surface area contributed by atoms with E-state index in [0.717, 1.165) is 0 Å². The molecule has 0 bridgehead atoms. The molecule has 0 aliphatic carbocycles. The van der Waals surface area contributed by atoms with Gasteiger partial charge in [-0.3, -0.25) is 0 Å². The van der Waals surface area contributed by atoms with Crippen molar-refractivity contribution < 1.29 is 61.6 Å². The Bertz CT molecular complexity index is 993. The van der Waals surface area contributed by atoms with E-state index in [9.17, 15) is 28.8 Å². The van der Waals surface area contributed by atoms with Gasteiger partial charge < -0.3 is 32.8 Å². The molecular formula is C28H48O13Si. The van der Waals surface area contributed by atoms with Gasteiger partial charge in [0.25, 0.3) is 0 Å². The summed E-state index contributed by atoms with van der Waals surface area (Å²) in [6, 6.07) is 0. The van der Waals surface area contributed by atoms with E-state index >= 15 is 0 Å². The maximum Gasteiger partial charge on any atom is 0.347 e. The van der Waals surface area contributed by atoms with E-state index < -0.39 is 86.4 Å². The molecule has 0 heterocycles. The minimum absolute atomic E-state index is 0.146. The maximum atomic E-state index is 12.5. The van der Waals surface area contributed by atoms with Gasteiger partial charge in [-0.2, -0.15) is 0 Å². The lowest BCUT2D eigenvalue weighted by Gasteiger charge is -2.37. The SMILES string of the molecule is C[C@H](OC(=O)[C@H](C)OC(=O)[C@H](C)OC(=O)[C@H](C)O[Si](C)(C)C(C)(C)C)C(=O)O[C@@H](C)C(=O)O[C@@H](C)C(=O)OC(C)(C)C. The summed E-state index contributed by atoms with van der Waals surface area (Å²) in [5.41, 5.74) is -0.790. The topological polar surface area (TPSA) is 167 Å². The molecule has 0 aromatic rings. The Labute approximate surface area is 249 Å². The Hall–Kier alpha value is -3.00. The van der Waals surface area contributed by atoms with Gasteiger partial charge in [0.05, 0.1) is 0 Å². The molecule has 0 aromatic heterocycles. The molecule has 0 radical (unpaired) electrons. The van der Waals surface area contributed by atoms with Crippen molar-refractivity contribution >= 4 is 44.1 Å². The highest BCUT2D eigenvalue weighted by Crippen LogP contribution is 2.37. The van der Waals surface area contributed by atoms with Gasteiger partial charge in [0.15, 0.2) is 38.8 Å². The van der Waals surface area contributed by atoms with Gasteiger partial charge in [-0.05, 0) is 80.4 Å². The summed E-state index contributed by atoms with van der Waals surface area (Å²) in [4.78, 5) is 73.8. The Morgan fingerprint density at radius 3 is 0.929 bits per heavy atom. The number of carbonyl (C=O) groups excluding carboxylic acids is 6. The molecular weight excluding hydrogens is 572 g/mol. The van der Waals surface area contributed by atoms with E-state index in [1.807, 2.05) is 33.9 Å². The number of esters is 6. The second-order valence-corrected chi connectivity index (χ2v) is 17.2. The third-order valence-electron chi connectivity index (χ3n) is 6.14. The van der Waals surface area contributed by atoms with Crippen LogP contribution in [0.5, 0.6) is 0 Å². The van der Waals surface area contributed by atoms with Gasteiger partial charge in [0, 0.05) is 0 Å². The number of hydrogen-bond donors (Lipinski definition) is 0. The number of carbonyl (C=O) groups is 6. The van der Waals surface area contributed by atoms with Gasteiger partial charge in [0.2, 0.25) is 0 Å². The van der Waals surface area contributed by atoms with E-state index in [1.54, 1.807) is 20.8 Å². The highest BCUT2D eigenvalue weighted by molar-refractivity contribution is 6.74. The molecule has 0 N–H and O–H groups in total.